The van der Waals surface area contributed by atoms with Gasteiger partial charge in [0.2, 0.25) is 0 Å². The quantitative estimate of drug-likeness (QED) is 0.120. The van der Waals surface area contributed by atoms with E-state index < -0.39 is 6.10 Å². The minimum Gasteiger partial charge on any atom is -0.388 e. The fourth-order valence-corrected chi connectivity index (χ4v) is 4.75. The molecule has 0 aliphatic heterocycles. The maximum absolute atomic E-state index is 12.5. The molecule has 0 spiro atoms. The first-order chi connectivity index (χ1) is 16.9. The van der Waals surface area contributed by atoms with Gasteiger partial charge in [-0.3, -0.25) is 4.79 Å². The van der Waals surface area contributed by atoms with Crippen LogP contribution in [0.5, 0.6) is 0 Å². The van der Waals surface area contributed by atoms with Gasteiger partial charge in [0.05, 0.1) is 12.2 Å². The van der Waals surface area contributed by atoms with Crippen molar-refractivity contribution >= 4 is 5.78 Å². The number of hydrogen-bond donors (Lipinski definition) is 1. The second-order valence-electron chi connectivity index (χ2n) is 10.7. The lowest BCUT2D eigenvalue weighted by Crippen LogP contribution is -2.21. The third-order valence-electron chi connectivity index (χ3n) is 7.63. The molecule has 3 unspecified atom stereocenters. The van der Waals surface area contributed by atoms with Crippen LogP contribution >= 0.6 is 0 Å². The molecule has 1 aliphatic rings. The van der Waals surface area contributed by atoms with Gasteiger partial charge in [-0.15, -0.1) is 0 Å². The number of ether oxygens (including phenoxy) is 1. The zero-order valence-electron chi connectivity index (χ0n) is 23.4. The number of methoxy groups -OCH3 is 1. The van der Waals surface area contributed by atoms with Crippen LogP contribution in [0.4, 0.5) is 0 Å². The summed E-state index contributed by atoms with van der Waals surface area (Å²) in [5.41, 5.74) is 2.31. The van der Waals surface area contributed by atoms with Gasteiger partial charge in [0.1, 0.15) is 5.78 Å². The van der Waals surface area contributed by atoms with E-state index in [1.165, 1.54) is 56.9 Å². The number of unbranched alkanes of at least 4 members (excludes halogenated alkanes) is 4. The van der Waals surface area contributed by atoms with Gasteiger partial charge in [0.15, 0.2) is 0 Å². The number of hydrogen-bond acceptors (Lipinski definition) is 3. The molecule has 1 rings (SSSR count). The second-order valence-corrected chi connectivity index (χ2v) is 10.7. The highest BCUT2D eigenvalue weighted by molar-refractivity contribution is 5.81. The zero-order chi connectivity index (χ0) is 25.9. The molecule has 0 aromatic carbocycles. The highest BCUT2D eigenvalue weighted by Crippen LogP contribution is 2.30. The van der Waals surface area contributed by atoms with Crippen LogP contribution in [-0.4, -0.2) is 30.2 Å². The van der Waals surface area contributed by atoms with E-state index in [4.69, 9.17) is 4.74 Å². The SMILES string of the molecule is CC/C(C)=C/C=C/C=C/CC[C@@H](C)C(=O)CC(O)/C(C)=C/CCCCCCC1CCCC(OC)C1. The van der Waals surface area contributed by atoms with E-state index in [0.29, 0.717) is 6.10 Å². The van der Waals surface area contributed by atoms with E-state index in [1.807, 2.05) is 33.1 Å². The summed E-state index contributed by atoms with van der Waals surface area (Å²) in [5, 5.41) is 10.5. The highest BCUT2D eigenvalue weighted by atomic mass is 16.5. The van der Waals surface area contributed by atoms with Gasteiger partial charge in [-0.2, -0.15) is 0 Å². The van der Waals surface area contributed by atoms with Crippen molar-refractivity contribution in [1.82, 2.24) is 0 Å². The number of carbonyl (C=O) groups excluding carboxylic acids is 1. The van der Waals surface area contributed by atoms with Crippen LogP contribution in [0.25, 0.3) is 0 Å². The molecular weight excluding hydrogens is 432 g/mol. The standard InChI is InChI=1S/C32H54O3/c1-6-26(2)18-13-9-7-10-14-19-27(3)31(33)25-32(34)28(4)20-15-11-8-12-16-21-29-22-17-23-30(24-29)35-5/h7,9-10,13,18,20,27,29-30,32,34H,6,8,11-12,14-17,19,21-25H2,1-5H3/b10-7+,13-9+,26-18+,28-20+/t27-,29?,30?,32?/m1/s1. The Bertz CT molecular complexity index is 685. The molecule has 1 saturated carbocycles. The number of rotatable bonds is 18. The lowest BCUT2D eigenvalue weighted by molar-refractivity contribution is -0.124. The first kappa shape index (κ1) is 31.6. The summed E-state index contributed by atoms with van der Waals surface area (Å²) in [5.74, 6) is 1.00. The molecule has 0 aromatic rings. The Morgan fingerprint density at radius 2 is 1.83 bits per heavy atom. The van der Waals surface area contributed by atoms with Crippen molar-refractivity contribution in [2.75, 3.05) is 7.11 Å². The van der Waals surface area contributed by atoms with Gasteiger partial charge < -0.3 is 9.84 Å². The Kier molecular flexibility index (Phi) is 17.8. The minimum absolute atomic E-state index is 0.0170. The average Bonchev–Trinajstić information content (AvgIpc) is 2.86. The number of allylic oxidation sites excluding steroid dienone is 7. The normalized spacial score (nSPS) is 21.7. The molecule has 0 saturated heterocycles. The maximum atomic E-state index is 12.5. The fraction of sp³-hybridized carbons (Fsp3) is 0.719. The summed E-state index contributed by atoms with van der Waals surface area (Å²) in [4.78, 5) is 12.5. The van der Waals surface area contributed by atoms with Crippen molar-refractivity contribution < 1.29 is 14.6 Å². The molecule has 1 N–H and O–H groups in total. The van der Waals surface area contributed by atoms with Gasteiger partial charge in [-0.1, -0.05) is 94.4 Å². The number of ketones is 1. The lowest BCUT2D eigenvalue weighted by atomic mass is 9.84. The van der Waals surface area contributed by atoms with Crippen LogP contribution in [0, 0.1) is 11.8 Å². The monoisotopic (exact) mass is 486 g/mol. The Labute approximate surface area is 216 Å². The molecule has 1 fully saturated rings. The number of aliphatic hydroxyl groups is 1. The average molecular weight is 487 g/mol. The zero-order valence-corrected chi connectivity index (χ0v) is 23.4. The van der Waals surface area contributed by atoms with Gasteiger partial charge in [-0.25, -0.2) is 0 Å². The maximum Gasteiger partial charge on any atom is 0.138 e. The molecule has 1 aliphatic carbocycles. The van der Waals surface area contributed by atoms with Crippen LogP contribution in [0.1, 0.15) is 118 Å². The van der Waals surface area contributed by atoms with Gasteiger partial charge in [0.25, 0.3) is 0 Å². The smallest absolute Gasteiger partial charge is 0.138 e. The molecule has 3 nitrogen and oxygen atoms in total. The van der Waals surface area contributed by atoms with E-state index in [0.717, 1.165) is 43.6 Å². The molecule has 0 bridgehead atoms. The summed E-state index contributed by atoms with van der Waals surface area (Å²) in [6, 6.07) is 0. The van der Waals surface area contributed by atoms with Crippen LogP contribution in [0.2, 0.25) is 0 Å². The van der Waals surface area contributed by atoms with Gasteiger partial charge in [-0.05, 0) is 70.3 Å². The van der Waals surface area contributed by atoms with Gasteiger partial charge in [0, 0.05) is 19.4 Å². The fourth-order valence-electron chi connectivity index (χ4n) is 4.75. The second kappa shape index (κ2) is 19.7. The van der Waals surface area contributed by atoms with Crippen LogP contribution in [-0.2, 0) is 9.53 Å². The van der Waals surface area contributed by atoms with Crippen LogP contribution in [0.15, 0.2) is 47.6 Å². The Morgan fingerprint density at radius 1 is 1.06 bits per heavy atom. The van der Waals surface area contributed by atoms with E-state index in [2.05, 4.69) is 38.2 Å². The molecule has 0 radical (unpaired) electrons. The topological polar surface area (TPSA) is 46.5 Å². The van der Waals surface area contributed by atoms with Crippen LogP contribution in [0.3, 0.4) is 0 Å². The molecule has 4 atom stereocenters. The number of Topliss-reactive ketones (excluding diaryl/α,β-unsaturated/α-hetero) is 1. The number of carbonyl (C=O) groups is 1. The van der Waals surface area contributed by atoms with Crippen molar-refractivity contribution in [2.45, 2.75) is 130 Å². The summed E-state index contributed by atoms with van der Waals surface area (Å²) in [6.07, 6.45) is 27.9. The van der Waals surface area contributed by atoms with Crippen molar-refractivity contribution in [3.8, 4) is 0 Å². The first-order valence-corrected chi connectivity index (χ1v) is 14.3. The molecule has 35 heavy (non-hydrogen) atoms. The predicted octanol–water partition coefficient (Wildman–Crippen LogP) is 8.68. The molecule has 3 heteroatoms. The Balaban J connectivity index is 2.16. The summed E-state index contributed by atoms with van der Waals surface area (Å²) in [6.45, 7) is 8.22. The highest BCUT2D eigenvalue weighted by Gasteiger charge is 2.21. The van der Waals surface area contributed by atoms with Crippen molar-refractivity contribution in [2.24, 2.45) is 11.8 Å². The molecule has 0 amide bonds. The third kappa shape index (κ3) is 15.3. The summed E-state index contributed by atoms with van der Waals surface area (Å²) < 4.78 is 5.55. The van der Waals surface area contributed by atoms with Crippen molar-refractivity contribution in [3.63, 3.8) is 0 Å². The largest absolute Gasteiger partial charge is 0.388 e. The molecular formula is C32H54O3. The van der Waals surface area contributed by atoms with Crippen LogP contribution < -0.4 is 0 Å². The number of aliphatic hydroxyl groups excluding tert-OH is 1. The van der Waals surface area contributed by atoms with E-state index >= 15 is 0 Å². The first-order valence-electron chi connectivity index (χ1n) is 14.3. The minimum atomic E-state index is -0.642. The van der Waals surface area contributed by atoms with Gasteiger partial charge >= 0.3 is 0 Å². The molecule has 0 heterocycles. The lowest BCUT2D eigenvalue weighted by Gasteiger charge is -2.28. The Morgan fingerprint density at radius 3 is 2.57 bits per heavy atom. The van der Waals surface area contributed by atoms with E-state index in [1.54, 1.807) is 0 Å². The summed E-state index contributed by atoms with van der Waals surface area (Å²) >= 11 is 0. The summed E-state index contributed by atoms with van der Waals surface area (Å²) in [7, 11) is 1.85. The third-order valence-corrected chi connectivity index (χ3v) is 7.63. The van der Waals surface area contributed by atoms with Crippen molar-refractivity contribution in [1.29, 1.82) is 0 Å². The van der Waals surface area contributed by atoms with E-state index in [9.17, 15) is 9.90 Å². The van der Waals surface area contributed by atoms with Crippen molar-refractivity contribution in [3.05, 3.63) is 47.6 Å². The predicted molar refractivity (Wildman–Crippen MR) is 151 cm³/mol. The molecule has 200 valence electrons. The Hall–Kier alpha value is -1.45. The molecule has 0 aromatic heterocycles. The van der Waals surface area contributed by atoms with E-state index in [-0.39, 0.29) is 18.1 Å².